The van der Waals surface area contributed by atoms with Crippen LogP contribution in [0.1, 0.15) is 11.1 Å². The van der Waals surface area contributed by atoms with Gasteiger partial charge in [0, 0.05) is 25.5 Å². The maximum absolute atomic E-state index is 5.72. The number of nitrogens with zero attached hydrogens (tertiary/aromatic N) is 3. The van der Waals surface area contributed by atoms with Crippen LogP contribution in [0.25, 0.3) is 0 Å². The number of aryl methyl sites for hydroxylation is 2. The van der Waals surface area contributed by atoms with Gasteiger partial charge in [-0.2, -0.15) is 10.2 Å². The first kappa shape index (κ1) is 17.7. The second-order valence-corrected chi connectivity index (χ2v) is 6.52. The van der Waals surface area contributed by atoms with Gasteiger partial charge in [0.15, 0.2) is 0 Å². The van der Waals surface area contributed by atoms with Crippen molar-refractivity contribution in [1.29, 1.82) is 0 Å². The molecule has 0 fully saturated rings. The maximum Gasteiger partial charge on any atom is 0.0858 e. The molecular weight excluding hydrogens is 320 g/mol. The van der Waals surface area contributed by atoms with Crippen molar-refractivity contribution in [2.75, 3.05) is 24.7 Å². The zero-order valence-corrected chi connectivity index (χ0v) is 15.3. The Kier molecular flexibility index (Phi) is 5.64. The average molecular weight is 344 g/mol. The molecule has 0 heterocycles. The molecule has 2 N–H and O–H groups in total. The third kappa shape index (κ3) is 4.93. The largest absolute Gasteiger partial charge is 0.399 e. The first-order valence-corrected chi connectivity index (χ1v) is 8.73. The molecule has 0 spiro atoms. The summed E-state index contributed by atoms with van der Waals surface area (Å²) in [5, 5.41) is 8.62. The Labute approximate surface area is 155 Å². The number of hydrogen-bond acceptors (Lipinski definition) is 4. The molecule has 132 valence electrons. The summed E-state index contributed by atoms with van der Waals surface area (Å²) in [6.07, 6.45) is 1.99. The molecule has 0 saturated carbocycles. The third-order valence-electron chi connectivity index (χ3n) is 4.27. The molecule has 0 bridgehead atoms. The van der Waals surface area contributed by atoms with Gasteiger partial charge < -0.3 is 10.6 Å². The van der Waals surface area contributed by atoms with E-state index in [-0.39, 0.29) is 0 Å². The SMILES string of the molecule is CN(C)c1ccc(/N=N/c2ccc(CCc3ccc(N)cc3)cc2)cc1. The minimum atomic E-state index is 0.805. The molecule has 26 heavy (non-hydrogen) atoms. The lowest BCUT2D eigenvalue weighted by atomic mass is 10.0. The van der Waals surface area contributed by atoms with Crippen LogP contribution in [-0.4, -0.2) is 14.1 Å². The van der Waals surface area contributed by atoms with Gasteiger partial charge in [0.25, 0.3) is 0 Å². The number of nitrogens with two attached hydrogens (primary N) is 1. The average Bonchev–Trinajstić information content (AvgIpc) is 2.67. The Bertz CT molecular complexity index is 848. The molecule has 4 nitrogen and oxygen atoms in total. The molecule has 0 saturated heterocycles. The number of benzene rings is 3. The van der Waals surface area contributed by atoms with Gasteiger partial charge in [0.1, 0.15) is 0 Å². The molecular formula is C22H24N4. The van der Waals surface area contributed by atoms with Gasteiger partial charge in [-0.1, -0.05) is 24.3 Å². The summed E-state index contributed by atoms with van der Waals surface area (Å²) in [5.74, 6) is 0. The first-order valence-electron chi connectivity index (χ1n) is 8.73. The number of nitrogen functional groups attached to an aromatic ring is 1. The summed E-state index contributed by atoms with van der Waals surface area (Å²) >= 11 is 0. The summed E-state index contributed by atoms with van der Waals surface area (Å²) < 4.78 is 0. The predicted molar refractivity (Wildman–Crippen MR) is 110 cm³/mol. The van der Waals surface area contributed by atoms with Gasteiger partial charge in [0.05, 0.1) is 11.4 Å². The number of anilines is 2. The first-order chi connectivity index (χ1) is 12.6. The third-order valence-corrected chi connectivity index (χ3v) is 4.27. The van der Waals surface area contributed by atoms with Crippen LogP contribution in [0.4, 0.5) is 22.7 Å². The van der Waals surface area contributed by atoms with Crippen LogP contribution in [0.15, 0.2) is 83.0 Å². The number of azo groups is 1. The Morgan fingerprint density at radius 1 is 0.654 bits per heavy atom. The van der Waals surface area contributed by atoms with Crippen LogP contribution < -0.4 is 10.6 Å². The van der Waals surface area contributed by atoms with Crippen LogP contribution in [0.5, 0.6) is 0 Å². The second-order valence-electron chi connectivity index (χ2n) is 6.52. The predicted octanol–water partition coefficient (Wildman–Crippen LogP) is 5.54. The zero-order chi connectivity index (χ0) is 18.4. The lowest BCUT2D eigenvalue weighted by molar-refractivity contribution is 0.960. The van der Waals surface area contributed by atoms with Crippen LogP contribution in [-0.2, 0) is 12.8 Å². The van der Waals surface area contributed by atoms with Gasteiger partial charge in [-0.05, 0) is 72.5 Å². The molecule has 0 atom stereocenters. The quantitative estimate of drug-likeness (QED) is 0.472. The van der Waals surface area contributed by atoms with E-state index >= 15 is 0 Å². The van der Waals surface area contributed by atoms with Crippen molar-refractivity contribution >= 4 is 22.7 Å². The van der Waals surface area contributed by atoms with E-state index in [1.54, 1.807) is 0 Å². The lowest BCUT2D eigenvalue weighted by Gasteiger charge is -2.11. The van der Waals surface area contributed by atoms with E-state index in [2.05, 4.69) is 39.4 Å². The lowest BCUT2D eigenvalue weighted by Crippen LogP contribution is -2.07. The molecule has 0 amide bonds. The highest BCUT2D eigenvalue weighted by molar-refractivity contribution is 5.52. The zero-order valence-electron chi connectivity index (χ0n) is 15.3. The van der Waals surface area contributed by atoms with Crippen molar-refractivity contribution in [3.8, 4) is 0 Å². The van der Waals surface area contributed by atoms with Crippen LogP contribution in [0.3, 0.4) is 0 Å². The minimum absolute atomic E-state index is 0.805. The number of hydrogen-bond donors (Lipinski definition) is 1. The van der Waals surface area contributed by atoms with E-state index in [0.29, 0.717) is 0 Å². The van der Waals surface area contributed by atoms with Crippen molar-refractivity contribution in [3.63, 3.8) is 0 Å². The highest BCUT2D eigenvalue weighted by Crippen LogP contribution is 2.22. The fraction of sp³-hybridized carbons (Fsp3) is 0.182. The standard InChI is InChI=1S/C22H24N4/c1-26(2)22-15-13-21(14-16-22)25-24-20-11-7-18(8-12-20)4-3-17-5-9-19(23)10-6-17/h5-16H,3-4,23H2,1-2H3/b25-24+. The molecule has 0 aromatic heterocycles. The van der Waals surface area contributed by atoms with Crippen molar-refractivity contribution < 1.29 is 0 Å². The fourth-order valence-corrected chi connectivity index (χ4v) is 2.64. The Hall–Kier alpha value is -3.14. The van der Waals surface area contributed by atoms with E-state index < -0.39 is 0 Å². The number of rotatable bonds is 6. The highest BCUT2D eigenvalue weighted by atomic mass is 15.1. The molecule has 3 rings (SSSR count). The van der Waals surface area contributed by atoms with Gasteiger partial charge in [-0.3, -0.25) is 0 Å². The normalized spacial score (nSPS) is 11.0. The van der Waals surface area contributed by atoms with Gasteiger partial charge in [0.2, 0.25) is 0 Å². The maximum atomic E-state index is 5.72. The van der Waals surface area contributed by atoms with E-state index in [4.69, 9.17) is 5.73 Å². The Morgan fingerprint density at radius 2 is 1.08 bits per heavy atom. The molecule has 0 aliphatic rings. The van der Waals surface area contributed by atoms with E-state index in [0.717, 1.165) is 35.6 Å². The van der Waals surface area contributed by atoms with Crippen LogP contribution in [0.2, 0.25) is 0 Å². The van der Waals surface area contributed by atoms with Gasteiger partial charge >= 0.3 is 0 Å². The Balaban J connectivity index is 1.57. The van der Waals surface area contributed by atoms with Crippen molar-refractivity contribution in [2.45, 2.75) is 12.8 Å². The summed E-state index contributed by atoms with van der Waals surface area (Å²) in [5.41, 5.74) is 12.0. The van der Waals surface area contributed by atoms with E-state index in [1.165, 1.54) is 11.1 Å². The van der Waals surface area contributed by atoms with Crippen molar-refractivity contribution in [1.82, 2.24) is 0 Å². The minimum Gasteiger partial charge on any atom is -0.399 e. The molecule has 3 aromatic carbocycles. The molecule has 0 radical (unpaired) electrons. The summed E-state index contributed by atoms with van der Waals surface area (Å²) in [6.45, 7) is 0. The summed E-state index contributed by atoms with van der Waals surface area (Å²) in [4.78, 5) is 2.06. The molecule has 4 heteroatoms. The van der Waals surface area contributed by atoms with Crippen molar-refractivity contribution in [2.24, 2.45) is 10.2 Å². The molecule has 3 aromatic rings. The molecule has 0 unspecified atom stereocenters. The van der Waals surface area contributed by atoms with Crippen LogP contribution in [0, 0.1) is 0 Å². The second kappa shape index (κ2) is 8.30. The van der Waals surface area contributed by atoms with E-state index in [9.17, 15) is 0 Å². The van der Waals surface area contributed by atoms with Gasteiger partial charge in [-0.15, -0.1) is 0 Å². The van der Waals surface area contributed by atoms with Crippen LogP contribution >= 0.6 is 0 Å². The van der Waals surface area contributed by atoms with Crippen molar-refractivity contribution in [3.05, 3.63) is 83.9 Å². The highest BCUT2D eigenvalue weighted by Gasteiger charge is 1.98. The topological polar surface area (TPSA) is 54.0 Å². The Morgan fingerprint density at radius 3 is 1.54 bits per heavy atom. The van der Waals surface area contributed by atoms with Gasteiger partial charge in [-0.25, -0.2) is 0 Å². The smallest absolute Gasteiger partial charge is 0.0858 e. The summed E-state index contributed by atoms with van der Waals surface area (Å²) in [7, 11) is 4.04. The fourth-order valence-electron chi connectivity index (χ4n) is 2.64. The van der Waals surface area contributed by atoms with E-state index in [1.807, 2.05) is 62.6 Å². The monoisotopic (exact) mass is 344 g/mol. The summed E-state index contributed by atoms with van der Waals surface area (Å²) in [6, 6.07) is 24.3. The molecule has 0 aliphatic carbocycles. The molecule has 0 aliphatic heterocycles.